The molecule has 1 fully saturated rings. The molecular weight excluding hydrogens is 362 g/mol. The maximum atomic E-state index is 12.6. The lowest BCUT2D eigenvalue weighted by atomic mass is 9.77. The van der Waals surface area contributed by atoms with Crippen molar-refractivity contribution in [2.24, 2.45) is 5.41 Å². The summed E-state index contributed by atoms with van der Waals surface area (Å²) in [6.45, 7) is 5.60. The van der Waals surface area contributed by atoms with Crippen LogP contribution in [0.1, 0.15) is 37.0 Å². The minimum atomic E-state index is -0.598. The van der Waals surface area contributed by atoms with Crippen molar-refractivity contribution in [1.82, 2.24) is 10.6 Å². The Bertz CT molecular complexity index is 666. The van der Waals surface area contributed by atoms with Crippen LogP contribution in [-0.4, -0.2) is 44.2 Å². The molecule has 146 valence electrons. The summed E-state index contributed by atoms with van der Waals surface area (Å²) in [4.78, 5) is 23.3. The zero-order valence-corrected chi connectivity index (χ0v) is 16.3. The molecule has 0 radical (unpaired) electrons. The summed E-state index contributed by atoms with van der Waals surface area (Å²) < 4.78 is 10.2. The highest BCUT2D eigenvalue weighted by atomic mass is 35.5. The molecule has 1 heterocycles. The fourth-order valence-corrected chi connectivity index (χ4v) is 3.11. The van der Waals surface area contributed by atoms with Crippen LogP contribution in [0.3, 0.4) is 0 Å². The maximum absolute atomic E-state index is 12.6. The molecule has 1 aliphatic rings. The molecule has 2 N–H and O–H groups in total. The zero-order chi connectivity index (χ0) is 18.6. The number of carbonyl (C=O) groups excluding carboxylic acids is 1. The number of methoxy groups -OCH3 is 2. The first-order chi connectivity index (χ1) is 11.8. The molecule has 2 rings (SSSR count). The topological polar surface area (TPSA) is 103 Å². The standard InChI is InChI=1S/C17H25N3O5.ClH/c1-17(2)6-5-7-18-15(17)10-19-16(21)11-8-13(24-3)14(25-4)9-12(11)20(22)23;/h8-9,15,18H,5-7,10H2,1-4H3,(H,19,21);1H. The van der Waals surface area contributed by atoms with Crippen molar-refractivity contribution in [1.29, 1.82) is 0 Å². The van der Waals surface area contributed by atoms with Crippen molar-refractivity contribution in [3.8, 4) is 11.5 Å². The Morgan fingerprint density at radius 3 is 2.50 bits per heavy atom. The second-order valence-corrected chi connectivity index (χ2v) is 6.79. The highest BCUT2D eigenvalue weighted by Gasteiger charge is 2.33. The maximum Gasteiger partial charge on any atom is 0.286 e. The fourth-order valence-electron chi connectivity index (χ4n) is 3.11. The van der Waals surface area contributed by atoms with Gasteiger partial charge in [0.05, 0.1) is 25.2 Å². The van der Waals surface area contributed by atoms with Gasteiger partial charge in [-0.2, -0.15) is 0 Å². The van der Waals surface area contributed by atoms with Crippen molar-refractivity contribution in [3.63, 3.8) is 0 Å². The monoisotopic (exact) mass is 387 g/mol. The van der Waals surface area contributed by atoms with Crippen molar-refractivity contribution in [2.45, 2.75) is 32.7 Å². The van der Waals surface area contributed by atoms with Gasteiger partial charge in [0.2, 0.25) is 0 Å². The SMILES string of the molecule is COc1cc(C(=O)NCC2NCCCC2(C)C)c([N+](=O)[O-])cc1OC.Cl. The van der Waals surface area contributed by atoms with Crippen molar-refractivity contribution in [2.75, 3.05) is 27.3 Å². The molecule has 9 heteroatoms. The van der Waals surface area contributed by atoms with E-state index in [4.69, 9.17) is 9.47 Å². The average Bonchev–Trinajstić information content (AvgIpc) is 2.58. The molecule has 1 unspecified atom stereocenters. The first-order valence-electron chi connectivity index (χ1n) is 8.22. The van der Waals surface area contributed by atoms with Crippen LogP contribution in [0.15, 0.2) is 12.1 Å². The Morgan fingerprint density at radius 2 is 1.96 bits per heavy atom. The molecule has 0 bridgehead atoms. The number of ether oxygens (including phenoxy) is 2. The Labute approximate surface area is 159 Å². The smallest absolute Gasteiger partial charge is 0.286 e. The lowest BCUT2D eigenvalue weighted by molar-refractivity contribution is -0.385. The van der Waals surface area contributed by atoms with Gasteiger partial charge in [-0.3, -0.25) is 14.9 Å². The second-order valence-electron chi connectivity index (χ2n) is 6.79. The second kappa shape index (κ2) is 9.05. The predicted octanol–water partition coefficient (Wildman–Crippen LogP) is 2.54. The van der Waals surface area contributed by atoms with Gasteiger partial charge in [-0.05, 0) is 24.8 Å². The van der Waals surface area contributed by atoms with E-state index < -0.39 is 10.8 Å². The summed E-state index contributed by atoms with van der Waals surface area (Å²) in [6, 6.07) is 2.66. The van der Waals surface area contributed by atoms with Crippen LogP contribution in [0, 0.1) is 15.5 Å². The van der Waals surface area contributed by atoms with Gasteiger partial charge in [0, 0.05) is 18.7 Å². The molecule has 8 nitrogen and oxygen atoms in total. The molecule has 1 atom stereocenters. The van der Waals surface area contributed by atoms with Gasteiger partial charge in [-0.15, -0.1) is 12.4 Å². The number of nitro benzene ring substituents is 1. The largest absolute Gasteiger partial charge is 0.493 e. The average molecular weight is 388 g/mol. The summed E-state index contributed by atoms with van der Waals surface area (Å²) in [5, 5.41) is 17.5. The van der Waals surface area contributed by atoms with E-state index in [1.165, 1.54) is 26.4 Å². The number of nitrogens with zero attached hydrogens (tertiary/aromatic N) is 1. The van der Waals surface area contributed by atoms with Crippen LogP contribution < -0.4 is 20.1 Å². The molecule has 1 saturated heterocycles. The molecule has 1 aromatic carbocycles. The van der Waals surface area contributed by atoms with Crippen molar-refractivity contribution >= 4 is 24.0 Å². The molecular formula is C17H26ClN3O5. The summed E-state index contributed by atoms with van der Waals surface area (Å²) in [6.07, 6.45) is 2.16. The van der Waals surface area contributed by atoms with Gasteiger partial charge < -0.3 is 20.1 Å². The third-order valence-corrected chi connectivity index (χ3v) is 4.74. The molecule has 1 amide bonds. The number of carbonyl (C=O) groups is 1. The van der Waals surface area contributed by atoms with Crippen LogP contribution in [0.25, 0.3) is 0 Å². The number of amides is 1. The van der Waals surface area contributed by atoms with Gasteiger partial charge in [0.1, 0.15) is 5.56 Å². The molecule has 26 heavy (non-hydrogen) atoms. The molecule has 0 aliphatic carbocycles. The van der Waals surface area contributed by atoms with E-state index >= 15 is 0 Å². The van der Waals surface area contributed by atoms with Crippen molar-refractivity contribution < 1.29 is 19.2 Å². The van der Waals surface area contributed by atoms with E-state index in [9.17, 15) is 14.9 Å². The third kappa shape index (κ3) is 4.76. The Balaban J connectivity index is 0.00000338. The van der Waals surface area contributed by atoms with Gasteiger partial charge in [0.25, 0.3) is 11.6 Å². The molecule has 1 aromatic rings. The van der Waals surface area contributed by atoms with Crippen molar-refractivity contribution in [3.05, 3.63) is 27.8 Å². The van der Waals surface area contributed by atoms with E-state index in [0.717, 1.165) is 19.4 Å². The number of nitrogens with one attached hydrogen (secondary N) is 2. The third-order valence-electron chi connectivity index (χ3n) is 4.74. The molecule has 0 saturated carbocycles. The van der Waals surface area contributed by atoms with E-state index in [-0.39, 0.29) is 46.6 Å². The lowest BCUT2D eigenvalue weighted by Crippen LogP contribution is -2.52. The normalized spacial score (nSPS) is 18.4. The minimum Gasteiger partial charge on any atom is -0.493 e. The zero-order valence-electron chi connectivity index (χ0n) is 15.5. The Hall–Kier alpha value is -2.06. The van der Waals surface area contributed by atoms with Crippen LogP contribution in [0.4, 0.5) is 5.69 Å². The summed E-state index contributed by atoms with van der Waals surface area (Å²) in [5.74, 6) is -0.0222. The quantitative estimate of drug-likeness (QED) is 0.574. The van der Waals surface area contributed by atoms with Gasteiger partial charge in [-0.1, -0.05) is 13.8 Å². The summed E-state index contributed by atoms with van der Waals surface area (Å²) in [7, 11) is 2.80. The van der Waals surface area contributed by atoms with E-state index in [1.807, 2.05) is 0 Å². The van der Waals surface area contributed by atoms with Gasteiger partial charge in [-0.25, -0.2) is 0 Å². The van der Waals surface area contributed by atoms with E-state index in [2.05, 4.69) is 24.5 Å². The number of halogens is 1. The molecule has 0 aromatic heterocycles. The first-order valence-corrected chi connectivity index (χ1v) is 8.22. The van der Waals surface area contributed by atoms with Gasteiger partial charge >= 0.3 is 0 Å². The molecule has 0 spiro atoms. The Kier molecular flexibility index (Phi) is 7.65. The number of nitro groups is 1. The van der Waals surface area contributed by atoms with E-state index in [0.29, 0.717) is 6.54 Å². The van der Waals surface area contributed by atoms with Crippen LogP contribution in [-0.2, 0) is 0 Å². The predicted molar refractivity (Wildman–Crippen MR) is 101 cm³/mol. The van der Waals surface area contributed by atoms with E-state index in [1.54, 1.807) is 0 Å². The Morgan fingerprint density at radius 1 is 1.35 bits per heavy atom. The number of rotatable bonds is 6. The minimum absolute atomic E-state index is 0. The number of hydrogen-bond acceptors (Lipinski definition) is 6. The number of piperidine rings is 1. The fraction of sp³-hybridized carbons (Fsp3) is 0.588. The van der Waals surface area contributed by atoms with Crippen LogP contribution in [0.2, 0.25) is 0 Å². The number of hydrogen-bond donors (Lipinski definition) is 2. The van der Waals surface area contributed by atoms with Gasteiger partial charge in [0.15, 0.2) is 11.5 Å². The number of benzene rings is 1. The van der Waals surface area contributed by atoms with Crippen LogP contribution >= 0.6 is 12.4 Å². The highest BCUT2D eigenvalue weighted by Crippen LogP contribution is 2.34. The summed E-state index contributed by atoms with van der Waals surface area (Å²) >= 11 is 0. The first kappa shape index (κ1) is 22.0. The highest BCUT2D eigenvalue weighted by molar-refractivity contribution is 5.99. The summed E-state index contributed by atoms with van der Waals surface area (Å²) in [5.41, 5.74) is -0.308. The van der Waals surface area contributed by atoms with Crippen LogP contribution in [0.5, 0.6) is 11.5 Å². The lowest BCUT2D eigenvalue weighted by Gasteiger charge is -2.39. The molecule has 1 aliphatic heterocycles.